The lowest BCUT2D eigenvalue weighted by Gasteiger charge is -2.36. The standard InChI is InChI=1S/C24H11BrClF12N3O2/c25-41(19(43)11-2-1-3-14(8-11)40-18(42)12-4-7-17(26)39-10-12)16-6-5-13(9-15(16)21(28,29)30)20(27,23(33,34)35)22(31,32)24(36,37)38/h1-10H,(H,40,42). The molecule has 1 heterocycles. The van der Waals surface area contributed by atoms with E-state index in [1.54, 1.807) is 0 Å². The monoisotopic (exact) mass is 715 g/mol. The van der Waals surface area contributed by atoms with Crippen molar-refractivity contribution in [3.63, 3.8) is 0 Å². The summed E-state index contributed by atoms with van der Waals surface area (Å²) in [6.45, 7) is 0. The molecule has 1 unspecified atom stereocenters. The number of nitrogens with zero attached hydrogens (tertiary/aromatic N) is 2. The fourth-order valence-corrected chi connectivity index (χ4v) is 4.16. The van der Waals surface area contributed by atoms with E-state index >= 15 is 0 Å². The van der Waals surface area contributed by atoms with Crippen molar-refractivity contribution in [2.45, 2.75) is 30.1 Å². The molecule has 0 aliphatic carbocycles. The first-order valence-electron chi connectivity index (χ1n) is 11.0. The minimum Gasteiger partial charge on any atom is -0.322 e. The minimum atomic E-state index is -7.22. The number of benzene rings is 2. The number of pyridine rings is 1. The number of hydrogen-bond donors (Lipinski definition) is 1. The van der Waals surface area contributed by atoms with Crippen LogP contribution in [0, 0.1) is 0 Å². The van der Waals surface area contributed by atoms with Crippen LogP contribution < -0.4 is 9.24 Å². The van der Waals surface area contributed by atoms with E-state index in [1.165, 1.54) is 18.2 Å². The fraction of sp³-hybridized carbons (Fsp3) is 0.208. The molecule has 0 saturated carbocycles. The predicted octanol–water partition coefficient (Wildman–Crippen LogP) is 8.89. The third-order valence-electron chi connectivity index (χ3n) is 5.63. The molecule has 2 aromatic carbocycles. The summed E-state index contributed by atoms with van der Waals surface area (Å²) < 4.78 is 162. The number of anilines is 2. The summed E-state index contributed by atoms with van der Waals surface area (Å²) in [5.41, 5.74) is -13.7. The van der Waals surface area contributed by atoms with Crippen molar-refractivity contribution in [3.8, 4) is 0 Å². The molecule has 1 atom stereocenters. The SMILES string of the molecule is O=C(Nc1cccc(C(=O)N(Br)c2ccc(C(F)(C(F)(F)F)C(F)(F)C(F)(F)F)cc2C(F)(F)F)c1)c1ccc(Cl)nc1. The second-order valence-electron chi connectivity index (χ2n) is 8.45. The fourth-order valence-electron chi connectivity index (χ4n) is 3.53. The lowest BCUT2D eigenvalue weighted by Crippen LogP contribution is -2.59. The lowest BCUT2D eigenvalue weighted by molar-refractivity contribution is -0.389. The van der Waals surface area contributed by atoms with Crippen LogP contribution in [0.15, 0.2) is 60.8 Å². The highest BCUT2D eigenvalue weighted by Gasteiger charge is 2.81. The van der Waals surface area contributed by atoms with Crippen LogP contribution in [0.25, 0.3) is 0 Å². The zero-order valence-electron chi connectivity index (χ0n) is 20.3. The Hall–Kier alpha value is -3.54. The number of hydrogen-bond acceptors (Lipinski definition) is 3. The van der Waals surface area contributed by atoms with E-state index in [4.69, 9.17) is 11.6 Å². The number of rotatable bonds is 6. The summed E-state index contributed by atoms with van der Waals surface area (Å²) in [4.78, 5) is 29.0. The smallest absolute Gasteiger partial charge is 0.322 e. The number of nitrogens with one attached hydrogen (secondary N) is 1. The third-order valence-corrected chi connectivity index (χ3v) is 6.55. The molecule has 0 saturated heterocycles. The van der Waals surface area contributed by atoms with Crippen LogP contribution in [0.2, 0.25) is 5.15 Å². The van der Waals surface area contributed by atoms with Crippen LogP contribution in [-0.2, 0) is 11.8 Å². The Morgan fingerprint density at radius 2 is 1.42 bits per heavy atom. The average molecular weight is 717 g/mol. The van der Waals surface area contributed by atoms with Crippen molar-refractivity contribution in [2.75, 3.05) is 9.24 Å². The first-order valence-corrected chi connectivity index (χ1v) is 12.1. The largest absolute Gasteiger partial charge is 0.457 e. The van der Waals surface area contributed by atoms with Gasteiger partial charge in [0.2, 0.25) is 0 Å². The highest BCUT2D eigenvalue weighted by molar-refractivity contribution is 9.10. The van der Waals surface area contributed by atoms with Gasteiger partial charge in [0.15, 0.2) is 0 Å². The second kappa shape index (κ2) is 11.5. The molecule has 1 aromatic heterocycles. The molecule has 0 aliphatic heterocycles. The first-order chi connectivity index (χ1) is 19.5. The normalized spacial score (nSPS) is 14.2. The molecule has 232 valence electrons. The topological polar surface area (TPSA) is 62.3 Å². The van der Waals surface area contributed by atoms with Gasteiger partial charge in [-0.1, -0.05) is 23.7 Å². The average Bonchev–Trinajstić information content (AvgIpc) is 2.90. The van der Waals surface area contributed by atoms with Crippen molar-refractivity contribution in [1.82, 2.24) is 4.98 Å². The second-order valence-corrected chi connectivity index (χ2v) is 9.55. The highest BCUT2D eigenvalue weighted by Crippen LogP contribution is 2.59. The quantitative estimate of drug-likeness (QED) is 0.158. The molecule has 0 fully saturated rings. The summed E-state index contributed by atoms with van der Waals surface area (Å²) in [5.74, 6) is -9.36. The molecular formula is C24H11BrClF12N3O2. The number of aromatic nitrogens is 1. The van der Waals surface area contributed by atoms with Crippen LogP contribution in [0.1, 0.15) is 31.8 Å². The number of amides is 2. The zero-order chi connectivity index (χ0) is 32.8. The minimum absolute atomic E-state index is 0.000939. The molecule has 3 aromatic rings. The highest BCUT2D eigenvalue weighted by atomic mass is 79.9. The van der Waals surface area contributed by atoms with Gasteiger partial charge in [0, 0.05) is 23.0 Å². The van der Waals surface area contributed by atoms with Gasteiger partial charge in [-0.15, -0.1) is 0 Å². The maximum absolute atomic E-state index is 14.8. The molecule has 0 radical (unpaired) electrons. The van der Waals surface area contributed by atoms with E-state index in [0.717, 1.165) is 24.4 Å². The van der Waals surface area contributed by atoms with Gasteiger partial charge in [0.1, 0.15) is 5.15 Å². The van der Waals surface area contributed by atoms with E-state index in [-0.39, 0.29) is 26.4 Å². The number of carbonyl (C=O) groups excluding carboxylic acids is 2. The third kappa shape index (κ3) is 6.53. The molecule has 0 bridgehead atoms. The van der Waals surface area contributed by atoms with Crippen molar-refractivity contribution in [3.05, 3.63) is 88.2 Å². The van der Waals surface area contributed by atoms with Crippen LogP contribution in [0.4, 0.5) is 64.1 Å². The summed E-state index contributed by atoms with van der Waals surface area (Å²) in [6, 6.07) is 5.58. The van der Waals surface area contributed by atoms with Crippen molar-refractivity contribution in [2.24, 2.45) is 0 Å². The molecule has 19 heteroatoms. The Kier molecular flexibility index (Phi) is 9.09. The Labute approximate surface area is 245 Å². The molecule has 1 N–H and O–H groups in total. The van der Waals surface area contributed by atoms with Crippen molar-refractivity contribution in [1.29, 1.82) is 0 Å². The van der Waals surface area contributed by atoms with Gasteiger partial charge in [-0.3, -0.25) is 9.59 Å². The molecular weight excluding hydrogens is 706 g/mol. The summed E-state index contributed by atoms with van der Waals surface area (Å²) >= 11 is 8.10. The molecule has 43 heavy (non-hydrogen) atoms. The van der Waals surface area contributed by atoms with Crippen molar-refractivity contribution >= 4 is 50.9 Å². The molecule has 0 spiro atoms. The van der Waals surface area contributed by atoms with Crippen LogP contribution in [0.5, 0.6) is 0 Å². The first kappa shape index (κ1) is 34.0. The zero-order valence-corrected chi connectivity index (χ0v) is 22.6. The maximum atomic E-state index is 14.8. The molecule has 0 aliphatic rings. The van der Waals surface area contributed by atoms with E-state index in [1.807, 2.05) is 0 Å². The van der Waals surface area contributed by atoms with E-state index in [0.29, 0.717) is 0 Å². The van der Waals surface area contributed by atoms with Gasteiger partial charge in [-0.2, -0.15) is 48.3 Å². The number of carbonyl (C=O) groups is 2. The van der Waals surface area contributed by atoms with Gasteiger partial charge < -0.3 is 5.32 Å². The number of halogens is 14. The van der Waals surface area contributed by atoms with Crippen molar-refractivity contribution < 1.29 is 62.3 Å². The molecule has 3 rings (SSSR count). The van der Waals surface area contributed by atoms with E-state index in [9.17, 15) is 62.3 Å². The van der Waals surface area contributed by atoms with Gasteiger partial charge in [0.05, 0.1) is 33.0 Å². The van der Waals surface area contributed by atoms with Gasteiger partial charge in [-0.25, -0.2) is 13.3 Å². The summed E-state index contributed by atoms with van der Waals surface area (Å²) in [7, 11) is 0. The molecule has 2 amide bonds. The van der Waals surface area contributed by atoms with Crippen LogP contribution >= 0.6 is 27.7 Å². The predicted molar refractivity (Wildman–Crippen MR) is 131 cm³/mol. The van der Waals surface area contributed by atoms with Gasteiger partial charge >= 0.3 is 30.1 Å². The maximum Gasteiger partial charge on any atom is 0.457 e. The molecule has 5 nitrogen and oxygen atoms in total. The van der Waals surface area contributed by atoms with Gasteiger partial charge in [0.25, 0.3) is 11.8 Å². The van der Waals surface area contributed by atoms with E-state index < -0.39 is 76.4 Å². The summed E-state index contributed by atoms with van der Waals surface area (Å²) in [6.07, 6.45) is -18.9. The van der Waals surface area contributed by atoms with Gasteiger partial charge in [-0.05, 0) is 42.5 Å². The Bertz CT molecular complexity index is 1530. The van der Waals surface area contributed by atoms with Crippen LogP contribution in [-0.4, -0.2) is 35.1 Å². The van der Waals surface area contributed by atoms with E-state index in [2.05, 4.69) is 26.4 Å². The number of alkyl halides is 12. The Morgan fingerprint density at radius 1 is 0.791 bits per heavy atom. The van der Waals surface area contributed by atoms with Crippen LogP contribution in [0.3, 0.4) is 0 Å². The Morgan fingerprint density at radius 3 is 1.93 bits per heavy atom. The summed E-state index contributed by atoms with van der Waals surface area (Å²) in [5, 5.41) is 2.42. The Balaban J connectivity index is 2.04. The lowest BCUT2D eigenvalue weighted by atomic mass is 9.86.